The summed E-state index contributed by atoms with van der Waals surface area (Å²) < 4.78 is 5.37. The molecule has 0 bridgehead atoms. The highest BCUT2D eigenvalue weighted by Crippen LogP contribution is 2.22. The molecule has 0 aliphatic heterocycles. The van der Waals surface area contributed by atoms with E-state index in [2.05, 4.69) is 10.6 Å². The predicted molar refractivity (Wildman–Crippen MR) is 96.2 cm³/mol. The maximum absolute atomic E-state index is 12.1. The second kappa shape index (κ2) is 10.5. The Morgan fingerprint density at radius 2 is 2.04 bits per heavy atom. The number of hydrogen-bond acceptors (Lipinski definition) is 6. The SMILES string of the molecule is Cc1ccc([N+](=O)[O-])cc1NC(=O)CC(NCCCOC(C)C)C(=O)O. The first kappa shape index (κ1) is 21.5. The molecule has 3 N–H and O–H groups in total. The van der Waals surface area contributed by atoms with E-state index in [1.807, 2.05) is 13.8 Å². The molecular formula is C17H25N3O6. The van der Waals surface area contributed by atoms with Crippen molar-refractivity contribution in [1.29, 1.82) is 0 Å². The van der Waals surface area contributed by atoms with Crippen molar-refractivity contribution in [3.63, 3.8) is 0 Å². The topological polar surface area (TPSA) is 131 Å². The summed E-state index contributed by atoms with van der Waals surface area (Å²) in [7, 11) is 0. The molecule has 0 saturated heterocycles. The first-order valence-electron chi connectivity index (χ1n) is 8.33. The van der Waals surface area contributed by atoms with E-state index < -0.39 is 22.8 Å². The van der Waals surface area contributed by atoms with Gasteiger partial charge >= 0.3 is 5.97 Å². The minimum absolute atomic E-state index is 0.106. The molecular weight excluding hydrogens is 342 g/mol. The Bertz CT molecular complexity index is 647. The van der Waals surface area contributed by atoms with Gasteiger partial charge in [-0.15, -0.1) is 0 Å². The van der Waals surface area contributed by atoms with E-state index in [1.165, 1.54) is 18.2 Å². The molecule has 144 valence electrons. The van der Waals surface area contributed by atoms with Crippen LogP contribution in [0.3, 0.4) is 0 Å². The van der Waals surface area contributed by atoms with Crippen LogP contribution in [0.1, 0.15) is 32.3 Å². The van der Waals surface area contributed by atoms with E-state index in [1.54, 1.807) is 6.92 Å². The van der Waals surface area contributed by atoms with Crippen LogP contribution in [-0.2, 0) is 14.3 Å². The van der Waals surface area contributed by atoms with Crippen LogP contribution in [0.25, 0.3) is 0 Å². The lowest BCUT2D eigenvalue weighted by atomic mass is 10.1. The number of carboxylic acid groups (broad SMARTS) is 1. The summed E-state index contributed by atoms with van der Waals surface area (Å²) in [6.45, 7) is 6.41. The van der Waals surface area contributed by atoms with Gasteiger partial charge in [-0.25, -0.2) is 0 Å². The monoisotopic (exact) mass is 367 g/mol. The number of rotatable bonds is 11. The quantitative estimate of drug-likeness (QED) is 0.310. The number of non-ortho nitro benzene ring substituents is 1. The molecule has 1 aromatic carbocycles. The number of aliphatic carboxylic acids is 1. The molecule has 1 atom stereocenters. The maximum atomic E-state index is 12.1. The number of aryl methyl sites for hydroxylation is 1. The van der Waals surface area contributed by atoms with Gasteiger partial charge < -0.3 is 20.5 Å². The van der Waals surface area contributed by atoms with Crippen LogP contribution in [0.4, 0.5) is 11.4 Å². The molecule has 9 heteroatoms. The van der Waals surface area contributed by atoms with Gasteiger partial charge in [-0.2, -0.15) is 0 Å². The minimum atomic E-state index is -1.14. The molecule has 0 spiro atoms. The smallest absolute Gasteiger partial charge is 0.321 e. The van der Waals surface area contributed by atoms with Crippen LogP contribution >= 0.6 is 0 Å². The van der Waals surface area contributed by atoms with Gasteiger partial charge in [0.1, 0.15) is 6.04 Å². The van der Waals surface area contributed by atoms with Gasteiger partial charge in [-0.3, -0.25) is 19.7 Å². The van der Waals surface area contributed by atoms with Crippen LogP contribution < -0.4 is 10.6 Å². The van der Waals surface area contributed by atoms with Crippen LogP contribution in [0.15, 0.2) is 18.2 Å². The average molecular weight is 367 g/mol. The van der Waals surface area contributed by atoms with E-state index in [9.17, 15) is 24.8 Å². The van der Waals surface area contributed by atoms with E-state index >= 15 is 0 Å². The van der Waals surface area contributed by atoms with Gasteiger partial charge in [0.05, 0.1) is 23.1 Å². The number of carboxylic acids is 1. The highest BCUT2D eigenvalue weighted by molar-refractivity contribution is 5.94. The Kier molecular flexibility index (Phi) is 8.66. The number of hydrogen-bond donors (Lipinski definition) is 3. The number of nitro benzene ring substituents is 1. The fourth-order valence-electron chi connectivity index (χ4n) is 2.16. The Hall–Kier alpha value is -2.52. The van der Waals surface area contributed by atoms with Crippen LogP contribution in [0.2, 0.25) is 0 Å². The number of amides is 1. The van der Waals surface area contributed by atoms with Gasteiger partial charge in [0.2, 0.25) is 5.91 Å². The molecule has 1 amide bonds. The second-order valence-electron chi connectivity index (χ2n) is 6.13. The molecule has 9 nitrogen and oxygen atoms in total. The van der Waals surface area contributed by atoms with E-state index in [0.29, 0.717) is 30.8 Å². The Labute approximate surface area is 151 Å². The third-order valence-corrected chi connectivity index (χ3v) is 3.56. The van der Waals surface area contributed by atoms with Crippen LogP contribution in [-0.4, -0.2) is 47.2 Å². The normalized spacial score (nSPS) is 12.0. The molecule has 0 radical (unpaired) electrons. The zero-order chi connectivity index (χ0) is 19.7. The number of benzene rings is 1. The summed E-state index contributed by atoms with van der Waals surface area (Å²) in [5, 5.41) is 25.4. The zero-order valence-electron chi connectivity index (χ0n) is 15.2. The molecule has 1 aromatic rings. The maximum Gasteiger partial charge on any atom is 0.321 e. The molecule has 1 unspecified atom stereocenters. The molecule has 0 aliphatic carbocycles. The summed E-state index contributed by atoms with van der Waals surface area (Å²) in [4.78, 5) is 33.7. The van der Waals surface area contributed by atoms with Crippen molar-refractivity contribution in [2.24, 2.45) is 0 Å². The van der Waals surface area contributed by atoms with Crippen molar-refractivity contribution in [3.8, 4) is 0 Å². The third kappa shape index (κ3) is 7.58. The average Bonchev–Trinajstić information content (AvgIpc) is 2.54. The zero-order valence-corrected chi connectivity index (χ0v) is 15.2. The summed E-state index contributed by atoms with van der Waals surface area (Å²) >= 11 is 0. The van der Waals surface area contributed by atoms with Crippen molar-refractivity contribution in [1.82, 2.24) is 5.32 Å². The fourth-order valence-corrected chi connectivity index (χ4v) is 2.16. The summed E-state index contributed by atoms with van der Waals surface area (Å²) in [5.74, 6) is -1.67. The molecule has 0 heterocycles. The summed E-state index contributed by atoms with van der Waals surface area (Å²) in [5.41, 5.74) is 0.789. The van der Waals surface area contributed by atoms with Gasteiger partial charge in [-0.1, -0.05) is 6.07 Å². The predicted octanol–water partition coefficient (Wildman–Crippen LogP) is 2.09. The Morgan fingerprint density at radius 1 is 1.35 bits per heavy atom. The number of nitrogens with one attached hydrogen (secondary N) is 2. The standard InChI is InChI=1S/C17H25N3O6/c1-11(2)26-8-4-7-18-15(17(22)23)10-16(21)19-14-9-13(20(24)25)6-5-12(14)3/h5-6,9,11,15,18H,4,7-8,10H2,1-3H3,(H,19,21)(H,22,23). The first-order chi connectivity index (χ1) is 12.2. The molecule has 0 aromatic heterocycles. The van der Waals surface area contributed by atoms with Crippen LogP contribution in [0.5, 0.6) is 0 Å². The van der Waals surface area contributed by atoms with Crippen molar-refractivity contribution in [3.05, 3.63) is 33.9 Å². The van der Waals surface area contributed by atoms with Crippen molar-refractivity contribution < 1.29 is 24.4 Å². The number of nitrogens with zero attached hydrogens (tertiary/aromatic N) is 1. The minimum Gasteiger partial charge on any atom is -0.480 e. The highest BCUT2D eigenvalue weighted by Gasteiger charge is 2.21. The van der Waals surface area contributed by atoms with Crippen molar-refractivity contribution >= 4 is 23.3 Å². The number of carbonyl (C=O) groups is 2. The number of ether oxygens (including phenoxy) is 1. The van der Waals surface area contributed by atoms with Crippen LogP contribution in [0, 0.1) is 17.0 Å². The van der Waals surface area contributed by atoms with Crippen molar-refractivity contribution in [2.45, 2.75) is 45.8 Å². The molecule has 1 rings (SSSR count). The summed E-state index contributed by atoms with van der Waals surface area (Å²) in [6.07, 6.45) is 0.435. The van der Waals surface area contributed by atoms with E-state index in [-0.39, 0.29) is 18.2 Å². The lowest BCUT2D eigenvalue weighted by molar-refractivity contribution is -0.384. The van der Waals surface area contributed by atoms with Gasteiger partial charge in [-0.05, 0) is 39.3 Å². The first-order valence-corrected chi connectivity index (χ1v) is 8.33. The molecule has 0 saturated carbocycles. The van der Waals surface area contributed by atoms with Gasteiger partial charge in [0.25, 0.3) is 5.69 Å². The fraction of sp³-hybridized carbons (Fsp3) is 0.529. The second-order valence-corrected chi connectivity index (χ2v) is 6.13. The van der Waals surface area contributed by atoms with E-state index in [4.69, 9.17) is 4.74 Å². The lowest BCUT2D eigenvalue weighted by Gasteiger charge is -2.15. The molecule has 0 fully saturated rings. The Morgan fingerprint density at radius 3 is 2.62 bits per heavy atom. The van der Waals surface area contributed by atoms with Gasteiger partial charge in [0, 0.05) is 18.7 Å². The number of anilines is 1. The Balaban J connectivity index is 2.58. The third-order valence-electron chi connectivity index (χ3n) is 3.56. The number of nitro groups is 1. The lowest BCUT2D eigenvalue weighted by Crippen LogP contribution is -2.40. The molecule has 26 heavy (non-hydrogen) atoms. The highest BCUT2D eigenvalue weighted by atomic mass is 16.6. The van der Waals surface area contributed by atoms with Crippen molar-refractivity contribution in [2.75, 3.05) is 18.5 Å². The molecule has 0 aliphatic rings. The van der Waals surface area contributed by atoms with Gasteiger partial charge in [0.15, 0.2) is 0 Å². The number of carbonyl (C=O) groups excluding carboxylic acids is 1. The summed E-state index contributed by atoms with van der Waals surface area (Å²) in [6, 6.07) is 3.06. The van der Waals surface area contributed by atoms with E-state index in [0.717, 1.165) is 0 Å². The largest absolute Gasteiger partial charge is 0.480 e.